The van der Waals surface area contributed by atoms with Crippen molar-refractivity contribution in [3.63, 3.8) is 0 Å². The van der Waals surface area contributed by atoms with E-state index in [1.165, 1.54) is 12.1 Å². The van der Waals surface area contributed by atoms with E-state index in [4.69, 9.17) is 28.9 Å². The second kappa shape index (κ2) is 4.32. The molecule has 2 aromatic carbocycles. The van der Waals surface area contributed by atoms with E-state index in [0.717, 1.165) is 0 Å². The summed E-state index contributed by atoms with van der Waals surface area (Å²) >= 11 is 11.9. The molecule has 0 aliphatic heterocycles. The molecule has 0 amide bonds. The minimum absolute atomic E-state index is 0.113. The monoisotopic (exact) mass is 255 g/mol. The van der Waals surface area contributed by atoms with E-state index in [0.29, 0.717) is 21.2 Å². The maximum absolute atomic E-state index is 13.3. The summed E-state index contributed by atoms with van der Waals surface area (Å²) in [5, 5.41) is 1.07. The van der Waals surface area contributed by atoms with Crippen molar-refractivity contribution in [3.05, 3.63) is 52.3 Å². The van der Waals surface area contributed by atoms with Gasteiger partial charge >= 0.3 is 0 Å². The van der Waals surface area contributed by atoms with Crippen molar-refractivity contribution in [2.24, 2.45) is 0 Å². The van der Waals surface area contributed by atoms with Gasteiger partial charge in [0.05, 0.1) is 5.69 Å². The fraction of sp³-hybridized carbons (Fsp3) is 0. The third kappa shape index (κ3) is 2.13. The Bertz CT molecular complexity index is 541. The van der Waals surface area contributed by atoms with Crippen molar-refractivity contribution in [1.29, 1.82) is 0 Å². The van der Waals surface area contributed by atoms with Crippen LogP contribution >= 0.6 is 23.2 Å². The van der Waals surface area contributed by atoms with Crippen LogP contribution in [0.3, 0.4) is 0 Å². The van der Waals surface area contributed by atoms with Gasteiger partial charge < -0.3 is 5.73 Å². The number of hydrogen-bond donors (Lipinski definition) is 1. The standard InChI is InChI=1S/C12H8Cl2FN/c13-8-2-3-10(14)9(6-8)7-1-4-12(16)11(15)5-7/h1-6H,16H2. The lowest BCUT2D eigenvalue weighted by Crippen LogP contribution is -1.90. The highest BCUT2D eigenvalue weighted by atomic mass is 35.5. The van der Waals surface area contributed by atoms with Crippen molar-refractivity contribution in [1.82, 2.24) is 0 Å². The lowest BCUT2D eigenvalue weighted by Gasteiger charge is -2.06. The van der Waals surface area contributed by atoms with Crippen LogP contribution in [0.2, 0.25) is 10.0 Å². The first kappa shape index (κ1) is 11.2. The van der Waals surface area contributed by atoms with Crippen molar-refractivity contribution in [2.75, 3.05) is 5.73 Å². The van der Waals surface area contributed by atoms with Gasteiger partial charge in [-0.05, 0) is 35.9 Å². The number of rotatable bonds is 1. The van der Waals surface area contributed by atoms with Gasteiger partial charge in [0.15, 0.2) is 0 Å². The first-order valence-corrected chi connectivity index (χ1v) is 5.34. The van der Waals surface area contributed by atoms with E-state index in [-0.39, 0.29) is 5.69 Å². The normalized spacial score (nSPS) is 10.4. The van der Waals surface area contributed by atoms with Crippen LogP contribution in [0.15, 0.2) is 36.4 Å². The summed E-state index contributed by atoms with van der Waals surface area (Å²) in [6.45, 7) is 0. The number of nitrogens with two attached hydrogens (primary N) is 1. The minimum Gasteiger partial charge on any atom is -0.396 e. The van der Waals surface area contributed by atoms with Crippen LogP contribution in [0.25, 0.3) is 11.1 Å². The second-order valence-corrected chi connectivity index (χ2v) is 4.20. The SMILES string of the molecule is Nc1ccc(-c2cc(Cl)ccc2Cl)cc1F. The number of benzene rings is 2. The highest BCUT2D eigenvalue weighted by Crippen LogP contribution is 2.31. The topological polar surface area (TPSA) is 26.0 Å². The van der Waals surface area contributed by atoms with Gasteiger partial charge in [-0.3, -0.25) is 0 Å². The molecule has 0 saturated carbocycles. The number of hydrogen-bond acceptors (Lipinski definition) is 1. The molecule has 2 N–H and O–H groups in total. The summed E-state index contributed by atoms with van der Waals surface area (Å²) in [4.78, 5) is 0. The largest absolute Gasteiger partial charge is 0.396 e. The van der Waals surface area contributed by atoms with Gasteiger partial charge in [-0.2, -0.15) is 0 Å². The Balaban J connectivity index is 2.58. The number of anilines is 1. The zero-order chi connectivity index (χ0) is 11.7. The summed E-state index contributed by atoms with van der Waals surface area (Å²) in [7, 11) is 0. The maximum Gasteiger partial charge on any atom is 0.146 e. The molecule has 0 fully saturated rings. The van der Waals surface area contributed by atoms with Crippen molar-refractivity contribution in [3.8, 4) is 11.1 Å². The Morgan fingerprint density at radius 3 is 2.44 bits per heavy atom. The predicted molar refractivity (Wildman–Crippen MR) is 66.3 cm³/mol. The average molecular weight is 256 g/mol. The van der Waals surface area contributed by atoms with Crippen molar-refractivity contribution < 1.29 is 4.39 Å². The Hall–Kier alpha value is -1.25. The van der Waals surface area contributed by atoms with E-state index < -0.39 is 5.82 Å². The fourth-order valence-electron chi connectivity index (χ4n) is 1.41. The molecule has 1 nitrogen and oxygen atoms in total. The van der Waals surface area contributed by atoms with Crippen molar-refractivity contribution >= 4 is 28.9 Å². The Labute approximate surface area is 103 Å². The van der Waals surface area contributed by atoms with Crippen LogP contribution in [0.5, 0.6) is 0 Å². The first-order valence-electron chi connectivity index (χ1n) is 4.58. The highest BCUT2D eigenvalue weighted by Gasteiger charge is 2.06. The number of halogens is 3. The van der Waals surface area contributed by atoms with E-state index in [1.54, 1.807) is 24.3 Å². The number of nitrogen functional groups attached to an aromatic ring is 1. The zero-order valence-corrected chi connectivity index (χ0v) is 9.69. The van der Waals surface area contributed by atoms with Gasteiger partial charge in [-0.15, -0.1) is 0 Å². The summed E-state index contributed by atoms with van der Waals surface area (Å²) in [5.74, 6) is -0.464. The van der Waals surface area contributed by atoms with Crippen LogP contribution in [0.1, 0.15) is 0 Å². The Kier molecular flexibility index (Phi) is 3.03. The van der Waals surface area contributed by atoms with E-state index in [9.17, 15) is 4.39 Å². The maximum atomic E-state index is 13.3. The van der Waals surface area contributed by atoms with Gasteiger partial charge in [0.25, 0.3) is 0 Å². The van der Waals surface area contributed by atoms with E-state index in [1.807, 2.05) is 0 Å². The molecule has 2 aromatic rings. The molecule has 0 spiro atoms. The molecule has 4 heteroatoms. The molecule has 0 heterocycles. The first-order chi connectivity index (χ1) is 7.58. The average Bonchev–Trinajstić information content (AvgIpc) is 2.26. The van der Waals surface area contributed by atoms with E-state index in [2.05, 4.69) is 0 Å². The summed E-state index contributed by atoms with van der Waals surface area (Å²) in [6.07, 6.45) is 0. The molecule has 0 bridgehead atoms. The quantitative estimate of drug-likeness (QED) is 0.752. The van der Waals surface area contributed by atoms with Crippen LogP contribution in [-0.4, -0.2) is 0 Å². The van der Waals surface area contributed by atoms with Crippen LogP contribution in [0, 0.1) is 5.82 Å². The molecule has 0 aromatic heterocycles. The molecule has 0 aliphatic rings. The Morgan fingerprint density at radius 1 is 1.00 bits per heavy atom. The van der Waals surface area contributed by atoms with Crippen LogP contribution < -0.4 is 5.73 Å². The molecule has 2 rings (SSSR count). The molecule has 82 valence electrons. The molecule has 0 radical (unpaired) electrons. The van der Waals surface area contributed by atoms with Gasteiger partial charge in [0, 0.05) is 15.6 Å². The molecular formula is C12H8Cl2FN. The van der Waals surface area contributed by atoms with Gasteiger partial charge in [-0.1, -0.05) is 29.3 Å². The second-order valence-electron chi connectivity index (χ2n) is 3.36. The lowest BCUT2D eigenvalue weighted by atomic mass is 10.1. The third-order valence-electron chi connectivity index (χ3n) is 2.24. The van der Waals surface area contributed by atoms with Crippen LogP contribution in [0.4, 0.5) is 10.1 Å². The van der Waals surface area contributed by atoms with Gasteiger partial charge in [0.2, 0.25) is 0 Å². The lowest BCUT2D eigenvalue weighted by molar-refractivity contribution is 0.633. The molecule has 0 atom stereocenters. The molecular weight excluding hydrogens is 248 g/mol. The minimum atomic E-state index is -0.464. The molecule has 0 aliphatic carbocycles. The Morgan fingerprint density at radius 2 is 1.75 bits per heavy atom. The van der Waals surface area contributed by atoms with Gasteiger partial charge in [-0.25, -0.2) is 4.39 Å². The third-order valence-corrected chi connectivity index (χ3v) is 2.80. The molecule has 0 saturated heterocycles. The summed E-state index contributed by atoms with van der Waals surface area (Å²) < 4.78 is 13.3. The molecule has 16 heavy (non-hydrogen) atoms. The predicted octanol–water partition coefficient (Wildman–Crippen LogP) is 4.38. The van der Waals surface area contributed by atoms with Crippen LogP contribution in [-0.2, 0) is 0 Å². The van der Waals surface area contributed by atoms with Gasteiger partial charge in [0.1, 0.15) is 5.82 Å². The smallest absolute Gasteiger partial charge is 0.146 e. The van der Waals surface area contributed by atoms with Crippen molar-refractivity contribution in [2.45, 2.75) is 0 Å². The fourth-order valence-corrected chi connectivity index (χ4v) is 1.81. The molecule has 0 unspecified atom stereocenters. The summed E-state index contributed by atoms with van der Waals surface area (Å²) in [5.41, 5.74) is 6.85. The summed E-state index contributed by atoms with van der Waals surface area (Å²) in [6, 6.07) is 9.59. The highest BCUT2D eigenvalue weighted by molar-refractivity contribution is 6.35. The zero-order valence-electron chi connectivity index (χ0n) is 8.18. The van der Waals surface area contributed by atoms with E-state index >= 15 is 0 Å².